The van der Waals surface area contributed by atoms with Crippen molar-refractivity contribution in [3.8, 4) is 0 Å². The Balaban J connectivity index is 2.01. The molecule has 0 amide bonds. The lowest BCUT2D eigenvalue weighted by Gasteiger charge is -2.34. The van der Waals surface area contributed by atoms with E-state index in [4.69, 9.17) is 34.8 Å². The van der Waals surface area contributed by atoms with E-state index >= 15 is 0 Å². The first-order valence-corrected chi connectivity index (χ1v) is 8.37. The van der Waals surface area contributed by atoms with Crippen LogP contribution in [0.25, 0.3) is 0 Å². The Labute approximate surface area is 141 Å². The van der Waals surface area contributed by atoms with Crippen molar-refractivity contribution in [1.29, 1.82) is 0 Å². The standard InChI is InChI=1S/C16H21Cl3N2/c1-16(2,3)10-4-6-12(7-5-10)20-21-15-13(18)8-11(17)9-14(15)19/h8-10,21H,4-7H2,1-3H3. The molecule has 2 rings (SSSR count). The first kappa shape index (κ1) is 16.9. The molecule has 1 N–H and O–H groups in total. The SMILES string of the molecule is CC(C)(C)C1CCC(=NNc2c(Cl)cc(Cl)cc2Cl)CC1. The maximum Gasteiger partial charge on any atom is 0.0935 e. The summed E-state index contributed by atoms with van der Waals surface area (Å²) in [4.78, 5) is 0. The predicted molar refractivity (Wildman–Crippen MR) is 93.9 cm³/mol. The summed E-state index contributed by atoms with van der Waals surface area (Å²) in [6, 6.07) is 3.32. The number of halogens is 3. The minimum absolute atomic E-state index is 0.377. The van der Waals surface area contributed by atoms with Gasteiger partial charge in [0.25, 0.3) is 0 Å². The minimum Gasteiger partial charge on any atom is -0.276 e. The van der Waals surface area contributed by atoms with Gasteiger partial charge in [0, 0.05) is 10.7 Å². The van der Waals surface area contributed by atoms with E-state index in [-0.39, 0.29) is 0 Å². The van der Waals surface area contributed by atoms with E-state index in [2.05, 4.69) is 31.3 Å². The lowest BCUT2D eigenvalue weighted by molar-refractivity contribution is 0.208. The molecule has 0 spiro atoms. The van der Waals surface area contributed by atoms with Crippen LogP contribution in [0.4, 0.5) is 5.69 Å². The average molecular weight is 348 g/mol. The van der Waals surface area contributed by atoms with E-state index in [1.807, 2.05) is 0 Å². The molecule has 0 aliphatic heterocycles. The molecule has 116 valence electrons. The van der Waals surface area contributed by atoms with Gasteiger partial charge in [-0.15, -0.1) is 0 Å². The van der Waals surface area contributed by atoms with Crippen LogP contribution >= 0.6 is 34.8 Å². The van der Waals surface area contributed by atoms with Gasteiger partial charge in [-0.25, -0.2) is 0 Å². The molecule has 2 nitrogen and oxygen atoms in total. The molecule has 0 atom stereocenters. The monoisotopic (exact) mass is 346 g/mol. The highest BCUT2D eigenvalue weighted by Gasteiger charge is 2.28. The van der Waals surface area contributed by atoms with Gasteiger partial charge in [-0.3, -0.25) is 5.43 Å². The second-order valence-corrected chi connectivity index (χ2v) is 7.93. The lowest BCUT2D eigenvalue weighted by atomic mass is 9.72. The Morgan fingerprint density at radius 1 is 1.05 bits per heavy atom. The molecule has 1 fully saturated rings. The first-order chi connectivity index (χ1) is 9.77. The van der Waals surface area contributed by atoms with E-state index < -0.39 is 0 Å². The molecule has 5 heteroatoms. The highest BCUT2D eigenvalue weighted by Crippen LogP contribution is 2.37. The molecular weight excluding hydrogens is 327 g/mol. The largest absolute Gasteiger partial charge is 0.276 e. The van der Waals surface area contributed by atoms with Crippen LogP contribution < -0.4 is 5.43 Å². The summed E-state index contributed by atoms with van der Waals surface area (Å²) >= 11 is 18.2. The van der Waals surface area contributed by atoms with Crippen LogP contribution in [0, 0.1) is 11.3 Å². The Bertz CT molecular complexity index is 514. The molecule has 0 unspecified atom stereocenters. The Morgan fingerprint density at radius 3 is 2.05 bits per heavy atom. The molecule has 1 aromatic carbocycles. The third-order valence-electron chi connectivity index (χ3n) is 4.12. The van der Waals surface area contributed by atoms with Crippen LogP contribution in [0.5, 0.6) is 0 Å². The Hall–Kier alpha value is -0.440. The van der Waals surface area contributed by atoms with Gasteiger partial charge < -0.3 is 0 Å². The van der Waals surface area contributed by atoms with Gasteiger partial charge in [0.1, 0.15) is 0 Å². The molecule has 0 bridgehead atoms. The topological polar surface area (TPSA) is 24.4 Å². The van der Waals surface area contributed by atoms with Crippen molar-refractivity contribution in [2.75, 3.05) is 5.43 Å². The molecule has 1 saturated carbocycles. The zero-order valence-corrected chi connectivity index (χ0v) is 14.9. The maximum atomic E-state index is 6.13. The predicted octanol–water partition coefficient (Wildman–Crippen LogP) is 6.65. The fourth-order valence-corrected chi connectivity index (χ4v) is 3.61. The summed E-state index contributed by atoms with van der Waals surface area (Å²) in [7, 11) is 0. The van der Waals surface area contributed by atoms with E-state index in [0.717, 1.165) is 18.8 Å². The average Bonchev–Trinajstić information content (AvgIpc) is 2.37. The maximum absolute atomic E-state index is 6.13. The third kappa shape index (κ3) is 4.51. The van der Waals surface area contributed by atoms with Crippen molar-refractivity contribution < 1.29 is 0 Å². The van der Waals surface area contributed by atoms with Gasteiger partial charge in [0.2, 0.25) is 0 Å². The number of hydrazone groups is 1. The summed E-state index contributed by atoms with van der Waals surface area (Å²) in [5.41, 5.74) is 5.17. The van der Waals surface area contributed by atoms with Gasteiger partial charge in [-0.05, 0) is 49.1 Å². The number of anilines is 1. The molecule has 21 heavy (non-hydrogen) atoms. The smallest absolute Gasteiger partial charge is 0.0935 e. The summed E-state index contributed by atoms with van der Waals surface area (Å²) in [6.07, 6.45) is 4.42. The van der Waals surface area contributed by atoms with E-state index in [0.29, 0.717) is 26.2 Å². The lowest BCUT2D eigenvalue weighted by Crippen LogP contribution is -2.26. The first-order valence-electron chi connectivity index (χ1n) is 7.23. The minimum atomic E-state index is 0.377. The van der Waals surface area contributed by atoms with Gasteiger partial charge in [-0.2, -0.15) is 5.10 Å². The van der Waals surface area contributed by atoms with Crippen LogP contribution in [-0.4, -0.2) is 5.71 Å². The van der Waals surface area contributed by atoms with Gasteiger partial charge in [0.15, 0.2) is 0 Å². The number of rotatable bonds is 2. The molecule has 0 saturated heterocycles. The quantitative estimate of drug-likeness (QED) is 0.595. The number of hydrogen-bond donors (Lipinski definition) is 1. The van der Waals surface area contributed by atoms with Crippen LogP contribution in [0.1, 0.15) is 46.5 Å². The number of hydrogen-bond acceptors (Lipinski definition) is 2. The molecule has 1 aromatic rings. The molecular formula is C16H21Cl3N2. The normalized spacial score (nSPS) is 19.5. The van der Waals surface area contributed by atoms with Crippen molar-refractivity contribution in [2.45, 2.75) is 46.5 Å². The van der Waals surface area contributed by atoms with Gasteiger partial charge in [-0.1, -0.05) is 55.6 Å². The zero-order valence-electron chi connectivity index (χ0n) is 12.6. The van der Waals surface area contributed by atoms with Crippen LogP contribution in [-0.2, 0) is 0 Å². The summed E-state index contributed by atoms with van der Waals surface area (Å²) in [5, 5.41) is 5.97. The van der Waals surface area contributed by atoms with Crippen LogP contribution in [0.3, 0.4) is 0 Å². The molecule has 1 aliphatic carbocycles. The van der Waals surface area contributed by atoms with Gasteiger partial charge >= 0.3 is 0 Å². The number of nitrogens with zero attached hydrogens (tertiary/aromatic N) is 1. The molecule has 0 aromatic heterocycles. The summed E-state index contributed by atoms with van der Waals surface area (Å²) < 4.78 is 0. The fraction of sp³-hybridized carbons (Fsp3) is 0.562. The second-order valence-electron chi connectivity index (χ2n) is 6.67. The van der Waals surface area contributed by atoms with Gasteiger partial charge in [0.05, 0.1) is 15.7 Å². The van der Waals surface area contributed by atoms with E-state index in [1.165, 1.54) is 18.6 Å². The van der Waals surface area contributed by atoms with Crippen molar-refractivity contribution in [2.24, 2.45) is 16.4 Å². The molecule has 1 aliphatic rings. The van der Waals surface area contributed by atoms with Crippen molar-refractivity contribution >= 4 is 46.2 Å². The number of benzene rings is 1. The summed E-state index contributed by atoms with van der Waals surface area (Å²) in [6.45, 7) is 6.93. The summed E-state index contributed by atoms with van der Waals surface area (Å²) in [5.74, 6) is 0.763. The second kappa shape index (κ2) is 6.76. The number of nitrogens with one attached hydrogen (secondary N) is 1. The third-order valence-corrected chi connectivity index (χ3v) is 4.93. The van der Waals surface area contributed by atoms with E-state index in [9.17, 15) is 0 Å². The van der Waals surface area contributed by atoms with Crippen molar-refractivity contribution in [1.82, 2.24) is 0 Å². The zero-order chi connectivity index (χ0) is 15.6. The highest BCUT2D eigenvalue weighted by atomic mass is 35.5. The Kier molecular flexibility index (Phi) is 5.45. The van der Waals surface area contributed by atoms with Crippen molar-refractivity contribution in [3.63, 3.8) is 0 Å². The Morgan fingerprint density at radius 2 is 1.57 bits per heavy atom. The van der Waals surface area contributed by atoms with Crippen molar-refractivity contribution in [3.05, 3.63) is 27.2 Å². The van der Waals surface area contributed by atoms with Crippen LogP contribution in [0.2, 0.25) is 15.1 Å². The fourth-order valence-electron chi connectivity index (χ4n) is 2.71. The highest BCUT2D eigenvalue weighted by molar-refractivity contribution is 6.41. The van der Waals surface area contributed by atoms with Crippen LogP contribution in [0.15, 0.2) is 17.2 Å². The van der Waals surface area contributed by atoms with E-state index in [1.54, 1.807) is 12.1 Å². The molecule has 0 radical (unpaired) electrons. The molecule has 0 heterocycles.